The number of likely N-dealkylation sites (tertiary alicyclic amines) is 1. The molecule has 0 bridgehead atoms. The van der Waals surface area contributed by atoms with E-state index in [2.05, 4.69) is 25.3 Å². The topological polar surface area (TPSA) is 99.7 Å². The predicted molar refractivity (Wildman–Crippen MR) is 92.9 cm³/mol. The highest BCUT2D eigenvalue weighted by Crippen LogP contribution is 2.17. The Balaban J connectivity index is 1.56. The van der Waals surface area contributed by atoms with E-state index < -0.39 is 0 Å². The van der Waals surface area contributed by atoms with Gasteiger partial charge in [0, 0.05) is 31.4 Å². The van der Waals surface area contributed by atoms with Crippen LogP contribution >= 0.6 is 0 Å². The van der Waals surface area contributed by atoms with Crippen LogP contribution in [0.3, 0.4) is 0 Å². The Labute approximate surface area is 146 Å². The Morgan fingerprint density at radius 1 is 1.28 bits per heavy atom. The zero-order valence-corrected chi connectivity index (χ0v) is 14.0. The molecular formula is C17H21N7O. The fraction of sp³-hybridized carbons (Fsp3) is 0.471. The van der Waals surface area contributed by atoms with E-state index in [1.807, 2.05) is 6.07 Å². The molecule has 1 aliphatic heterocycles. The quantitative estimate of drug-likeness (QED) is 0.833. The molecular weight excluding hydrogens is 318 g/mol. The lowest BCUT2D eigenvalue weighted by atomic mass is 10.0. The summed E-state index contributed by atoms with van der Waals surface area (Å²) in [4.78, 5) is 22.4. The molecule has 25 heavy (non-hydrogen) atoms. The SMILES string of the molecule is N#Cc1cnc(NCC2CCCCN2CCn2ncccc2=O)cn1. The third-order valence-electron chi connectivity index (χ3n) is 4.42. The van der Waals surface area contributed by atoms with Gasteiger partial charge in [-0.05, 0) is 25.5 Å². The Morgan fingerprint density at radius 3 is 2.96 bits per heavy atom. The minimum absolute atomic E-state index is 0.0676. The molecule has 0 spiro atoms. The van der Waals surface area contributed by atoms with Crippen molar-refractivity contribution in [3.63, 3.8) is 0 Å². The number of nitrogens with zero attached hydrogens (tertiary/aromatic N) is 6. The summed E-state index contributed by atoms with van der Waals surface area (Å²) in [6.45, 7) is 3.17. The number of hydrogen-bond acceptors (Lipinski definition) is 7. The van der Waals surface area contributed by atoms with E-state index in [1.54, 1.807) is 18.5 Å². The average Bonchev–Trinajstić information content (AvgIpc) is 2.67. The van der Waals surface area contributed by atoms with Crippen LogP contribution in [-0.4, -0.2) is 50.3 Å². The van der Waals surface area contributed by atoms with Crippen molar-refractivity contribution in [1.82, 2.24) is 24.6 Å². The van der Waals surface area contributed by atoms with Crippen LogP contribution in [0.5, 0.6) is 0 Å². The van der Waals surface area contributed by atoms with E-state index in [0.29, 0.717) is 24.1 Å². The van der Waals surface area contributed by atoms with Gasteiger partial charge in [-0.15, -0.1) is 0 Å². The lowest BCUT2D eigenvalue weighted by Crippen LogP contribution is -2.45. The summed E-state index contributed by atoms with van der Waals surface area (Å²) in [5, 5.41) is 16.2. The summed E-state index contributed by atoms with van der Waals surface area (Å²) in [7, 11) is 0. The number of anilines is 1. The van der Waals surface area contributed by atoms with Crippen LogP contribution in [0, 0.1) is 11.3 Å². The molecule has 1 aliphatic rings. The summed E-state index contributed by atoms with van der Waals surface area (Å²) in [5.74, 6) is 0.672. The summed E-state index contributed by atoms with van der Waals surface area (Å²) in [6, 6.07) is 5.53. The first-order chi connectivity index (χ1) is 12.3. The molecule has 3 heterocycles. The van der Waals surface area contributed by atoms with Crippen molar-refractivity contribution in [2.75, 3.05) is 25.0 Å². The van der Waals surface area contributed by atoms with E-state index >= 15 is 0 Å². The number of rotatable bonds is 6. The molecule has 1 unspecified atom stereocenters. The second kappa shape index (κ2) is 8.35. The van der Waals surface area contributed by atoms with Gasteiger partial charge in [0.25, 0.3) is 5.56 Å². The van der Waals surface area contributed by atoms with Gasteiger partial charge in [-0.3, -0.25) is 9.69 Å². The molecule has 0 aliphatic carbocycles. The highest BCUT2D eigenvalue weighted by molar-refractivity contribution is 5.33. The summed E-state index contributed by atoms with van der Waals surface area (Å²) >= 11 is 0. The van der Waals surface area contributed by atoms with Crippen molar-refractivity contribution in [3.05, 3.63) is 46.8 Å². The van der Waals surface area contributed by atoms with Crippen molar-refractivity contribution in [2.45, 2.75) is 31.8 Å². The predicted octanol–water partition coefficient (Wildman–Crippen LogP) is 0.872. The Kier molecular flexibility index (Phi) is 5.69. The highest BCUT2D eigenvalue weighted by Gasteiger charge is 2.22. The molecule has 8 heteroatoms. The Bertz CT molecular complexity index is 781. The second-order valence-corrected chi connectivity index (χ2v) is 6.05. The summed E-state index contributed by atoms with van der Waals surface area (Å²) < 4.78 is 1.51. The van der Waals surface area contributed by atoms with Crippen LogP contribution in [0.15, 0.2) is 35.5 Å². The Morgan fingerprint density at radius 2 is 2.20 bits per heavy atom. The van der Waals surface area contributed by atoms with Gasteiger partial charge in [-0.1, -0.05) is 6.42 Å². The monoisotopic (exact) mass is 339 g/mol. The third-order valence-corrected chi connectivity index (χ3v) is 4.42. The van der Waals surface area contributed by atoms with Crippen molar-refractivity contribution < 1.29 is 0 Å². The van der Waals surface area contributed by atoms with Gasteiger partial charge in [-0.25, -0.2) is 14.6 Å². The van der Waals surface area contributed by atoms with Crippen molar-refractivity contribution in [3.8, 4) is 6.07 Å². The van der Waals surface area contributed by atoms with Crippen LogP contribution in [-0.2, 0) is 6.54 Å². The molecule has 0 saturated carbocycles. The summed E-state index contributed by atoms with van der Waals surface area (Å²) in [6.07, 6.45) is 8.16. The lowest BCUT2D eigenvalue weighted by Gasteiger charge is -2.35. The number of nitriles is 1. The number of hydrogen-bond donors (Lipinski definition) is 1. The van der Waals surface area contributed by atoms with Gasteiger partial charge >= 0.3 is 0 Å². The molecule has 0 amide bonds. The molecule has 1 N–H and O–H groups in total. The molecule has 0 radical (unpaired) electrons. The maximum atomic E-state index is 11.8. The molecule has 1 saturated heterocycles. The van der Waals surface area contributed by atoms with Crippen LogP contribution in [0.2, 0.25) is 0 Å². The minimum Gasteiger partial charge on any atom is -0.367 e. The molecule has 3 rings (SSSR count). The van der Waals surface area contributed by atoms with Gasteiger partial charge in [0.05, 0.1) is 18.9 Å². The standard InChI is InChI=1S/C17H21N7O/c18-10-14-11-20-16(13-19-14)21-12-15-4-1-2-7-23(15)8-9-24-17(25)5-3-6-22-24/h3,5-6,11,13,15H,1-2,4,7-9,12H2,(H,20,21). The zero-order valence-electron chi connectivity index (χ0n) is 14.0. The van der Waals surface area contributed by atoms with Crippen molar-refractivity contribution >= 4 is 5.82 Å². The van der Waals surface area contributed by atoms with Gasteiger partial charge in [0.1, 0.15) is 11.9 Å². The molecule has 8 nitrogen and oxygen atoms in total. The first-order valence-corrected chi connectivity index (χ1v) is 8.48. The van der Waals surface area contributed by atoms with Gasteiger partial charge in [0.15, 0.2) is 5.69 Å². The molecule has 0 aromatic carbocycles. The van der Waals surface area contributed by atoms with Gasteiger partial charge < -0.3 is 5.32 Å². The average molecular weight is 339 g/mol. The van der Waals surface area contributed by atoms with E-state index in [1.165, 1.54) is 29.8 Å². The molecule has 2 aromatic rings. The van der Waals surface area contributed by atoms with Crippen molar-refractivity contribution in [2.24, 2.45) is 0 Å². The van der Waals surface area contributed by atoms with E-state index in [4.69, 9.17) is 5.26 Å². The van der Waals surface area contributed by atoms with E-state index in [0.717, 1.165) is 26.1 Å². The van der Waals surface area contributed by atoms with Crippen LogP contribution < -0.4 is 10.9 Å². The van der Waals surface area contributed by atoms with Crippen LogP contribution in [0.25, 0.3) is 0 Å². The van der Waals surface area contributed by atoms with Gasteiger partial charge in [0.2, 0.25) is 0 Å². The second-order valence-electron chi connectivity index (χ2n) is 6.05. The van der Waals surface area contributed by atoms with E-state index in [-0.39, 0.29) is 5.56 Å². The minimum atomic E-state index is -0.0676. The molecule has 1 atom stereocenters. The first kappa shape index (κ1) is 17.0. The van der Waals surface area contributed by atoms with Crippen molar-refractivity contribution in [1.29, 1.82) is 5.26 Å². The normalized spacial score (nSPS) is 17.8. The number of piperidine rings is 1. The smallest absolute Gasteiger partial charge is 0.266 e. The largest absolute Gasteiger partial charge is 0.367 e. The summed E-state index contributed by atoms with van der Waals surface area (Å²) in [5.41, 5.74) is 0.243. The molecule has 130 valence electrons. The lowest BCUT2D eigenvalue weighted by molar-refractivity contribution is 0.148. The molecule has 2 aromatic heterocycles. The maximum Gasteiger partial charge on any atom is 0.266 e. The number of aromatic nitrogens is 4. The van der Waals surface area contributed by atoms with Crippen LogP contribution in [0.1, 0.15) is 25.0 Å². The van der Waals surface area contributed by atoms with Gasteiger partial charge in [-0.2, -0.15) is 10.4 Å². The van der Waals surface area contributed by atoms with E-state index in [9.17, 15) is 4.79 Å². The fourth-order valence-electron chi connectivity index (χ4n) is 3.06. The zero-order chi connectivity index (χ0) is 17.5. The molecule has 1 fully saturated rings. The first-order valence-electron chi connectivity index (χ1n) is 8.48. The Hall–Kier alpha value is -2.79. The van der Waals surface area contributed by atoms with Crippen LogP contribution in [0.4, 0.5) is 5.82 Å². The fourth-order valence-corrected chi connectivity index (χ4v) is 3.06. The maximum absolute atomic E-state index is 11.8. The number of nitrogens with one attached hydrogen (secondary N) is 1. The highest BCUT2D eigenvalue weighted by atomic mass is 16.1. The third kappa shape index (κ3) is 4.61.